The first-order valence-corrected chi connectivity index (χ1v) is 12.6. The monoisotopic (exact) mass is 551 g/mol. The van der Waals surface area contributed by atoms with Crippen LogP contribution in [-0.2, 0) is 14.4 Å². The average molecular weight is 552 g/mol. The van der Waals surface area contributed by atoms with Crippen LogP contribution in [0.4, 0.5) is 11.4 Å². The minimum Gasteiger partial charge on any atom is -0.497 e. The Morgan fingerprint density at radius 2 is 1.78 bits per heavy atom. The number of oxime groups is 1. The van der Waals surface area contributed by atoms with E-state index in [1.165, 1.54) is 29.3 Å². The van der Waals surface area contributed by atoms with Crippen LogP contribution in [-0.4, -0.2) is 47.4 Å². The van der Waals surface area contributed by atoms with Gasteiger partial charge in [0.15, 0.2) is 6.61 Å². The van der Waals surface area contributed by atoms with Crippen LogP contribution < -0.4 is 10.1 Å². The number of hydrazone groups is 1. The summed E-state index contributed by atoms with van der Waals surface area (Å²) in [5, 5.41) is 25.1. The van der Waals surface area contributed by atoms with E-state index in [4.69, 9.17) is 9.57 Å². The number of carbonyl (C=O) groups excluding carboxylic acids is 2. The Hall–Kier alpha value is -5.58. The van der Waals surface area contributed by atoms with Crippen molar-refractivity contribution in [2.24, 2.45) is 10.3 Å². The maximum atomic E-state index is 13.2. The van der Waals surface area contributed by atoms with Crippen molar-refractivity contribution in [2.75, 3.05) is 19.0 Å². The first-order chi connectivity index (χ1) is 19.9. The van der Waals surface area contributed by atoms with Crippen LogP contribution in [0, 0.1) is 10.1 Å². The summed E-state index contributed by atoms with van der Waals surface area (Å²) < 4.78 is 5.27. The molecule has 11 nitrogen and oxygen atoms in total. The molecule has 0 unspecified atom stereocenters. The number of methoxy groups -OCH3 is 1. The molecule has 0 radical (unpaired) electrons. The molecule has 1 aliphatic rings. The van der Waals surface area contributed by atoms with Gasteiger partial charge in [0, 0.05) is 24.2 Å². The number of nitro benzene ring substituents is 1. The Kier molecular flexibility index (Phi) is 7.95. The van der Waals surface area contributed by atoms with E-state index >= 15 is 0 Å². The molecule has 4 aromatic carbocycles. The number of nitrogens with one attached hydrogen (secondary N) is 1. The lowest BCUT2D eigenvalue weighted by Gasteiger charge is -2.21. The molecule has 0 spiro atoms. The highest BCUT2D eigenvalue weighted by Crippen LogP contribution is 2.34. The van der Waals surface area contributed by atoms with Gasteiger partial charge in [0.1, 0.15) is 12.0 Å². The van der Waals surface area contributed by atoms with E-state index in [0.29, 0.717) is 17.9 Å². The van der Waals surface area contributed by atoms with Crippen LogP contribution in [0.2, 0.25) is 0 Å². The van der Waals surface area contributed by atoms with Gasteiger partial charge in [0.25, 0.3) is 17.5 Å². The fraction of sp³-hybridized carbons (Fsp3) is 0.133. The summed E-state index contributed by atoms with van der Waals surface area (Å²) in [6.45, 7) is -0.442. The Balaban J connectivity index is 1.27. The summed E-state index contributed by atoms with van der Waals surface area (Å²) in [6, 6.07) is 26.5. The standard InChI is InChI=1S/C30H25N5O6/c1-40-26-14-8-21(9-15-26)28-17-27(23-7-6-20-4-2-3-5-22(20)16-23)33-34(28)30(37)19-41-31-18-29(36)32-24-10-12-25(13-11-24)35(38)39/h2-16,18,28H,17,19H2,1H3,(H,32,36)/b31-18-/t28-/m0/s1. The molecule has 0 saturated heterocycles. The summed E-state index contributed by atoms with van der Waals surface area (Å²) in [5.41, 5.74) is 2.80. The molecule has 5 rings (SSSR count). The Bertz CT molecular complexity index is 1650. The number of non-ortho nitro benzene ring substituents is 1. The lowest BCUT2D eigenvalue weighted by Crippen LogP contribution is -2.30. The largest absolute Gasteiger partial charge is 0.497 e. The molecule has 1 N–H and O–H groups in total. The smallest absolute Gasteiger partial charge is 0.283 e. The van der Waals surface area contributed by atoms with Gasteiger partial charge in [0.05, 0.1) is 23.8 Å². The Morgan fingerprint density at radius 1 is 1.05 bits per heavy atom. The number of nitro groups is 1. The van der Waals surface area contributed by atoms with Gasteiger partial charge in [-0.25, -0.2) is 5.01 Å². The van der Waals surface area contributed by atoms with Crippen molar-refractivity contribution in [1.82, 2.24) is 5.01 Å². The van der Waals surface area contributed by atoms with Crippen LogP contribution >= 0.6 is 0 Å². The molecule has 11 heteroatoms. The van der Waals surface area contributed by atoms with Crippen molar-refractivity contribution in [3.05, 3.63) is 112 Å². The second-order valence-electron chi connectivity index (χ2n) is 9.14. The molecule has 0 aliphatic carbocycles. The van der Waals surface area contributed by atoms with Crippen molar-refractivity contribution >= 4 is 45.9 Å². The molecule has 2 amide bonds. The molecular formula is C30H25N5O6. The molecule has 0 bridgehead atoms. The maximum absolute atomic E-state index is 13.2. The van der Waals surface area contributed by atoms with E-state index in [1.54, 1.807) is 7.11 Å². The van der Waals surface area contributed by atoms with Gasteiger partial charge in [-0.3, -0.25) is 19.7 Å². The molecule has 4 aromatic rings. The number of rotatable bonds is 9. The molecule has 41 heavy (non-hydrogen) atoms. The zero-order valence-corrected chi connectivity index (χ0v) is 22.0. The first kappa shape index (κ1) is 27.0. The number of hydrogen-bond donors (Lipinski definition) is 1. The highest BCUT2D eigenvalue weighted by molar-refractivity contribution is 6.31. The Morgan fingerprint density at radius 3 is 2.49 bits per heavy atom. The third kappa shape index (κ3) is 6.36. The lowest BCUT2D eigenvalue weighted by atomic mass is 9.97. The molecule has 0 fully saturated rings. The maximum Gasteiger partial charge on any atom is 0.283 e. The number of hydrogen-bond acceptors (Lipinski definition) is 8. The zero-order chi connectivity index (χ0) is 28.8. The van der Waals surface area contributed by atoms with E-state index in [9.17, 15) is 19.7 Å². The summed E-state index contributed by atoms with van der Waals surface area (Å²) in [6.07, 6.45) is 1.38. The van der Waals surface area contributed by atoms with Gasteiger partial charge in [-0.1, -0.05) is 53.7 Å². The van der Waals surface area contributed by atoms with Crippen LogP contribution in [0.1, 0.15) is 23.6 Å². The minimum atomic E-state index is -0.625. The normalized spacial score (nSPS) is 14.6. The average Bonchev–Trinajstić information content (AvgIpc) is 3.45. The minimum absolute atomic E-state index is 0.0974. The van der Waals surface area contributed by atoms with Gasteiger partial charge >= 0.3 is 0 Å². The predicted octanol–water partition coefficient (Wildman–Crippen LogP) is 5.08. The highest BCUT2D eigenvalue weighted by atomic mass is 16.6. The molecule has 0 saturated carbocycles. The predicted molar refractivity (Wildman–Crippen MR) is 154 cm³/mol. The number of benzene rings is 4. The van der Waals surface area contributed by atoms with Crippen molar-refractivity contribution in [1.29, 1.82) is 0 Å². The SMILES string of the molecule is COc1ccc([C@@H]2CC(c3ccc4ccccc4c3)=NN2C(=O)CO/N=C\C(=O)Nc2ccc([N+](=O)[O-])cc2)cc1. The summed E-state index contributed by atoms with van der Waals surface area (Å²) in [5.74, 6) is -0.361. The quantitative estimate of drug-likeness (QED) is 0.175. The number of carbonyl (C=O) groups is 2. The summed E-state index contributed by atoms with van der Waals surface area (Å²) in [7, 11) is 1.59. The topological polar surface area (TPSA) is 136 Å². The lowest BCUT2D eigenvalue weighted by molar-refractivity contribution is -0.384. The molecule has 1 aliphatic heterocycles. The first-order valence-electron chi connectivity index (χ1n) is 12.6. The number of ether oxygens (including phenoxy) is 1. The highest BCUT2D eigenvalue weighted by Gasteiger charge is 2.33. The van der Waals surface area contributed by atoms with Gasteiger partial charge in [-0.05, 0) is 52.2 Å². The van der Waals surface area contributed by atoms with Gasteiger partial charge in [-0.2, -0.15) is 5.10 Å². The molecule has 1 atom stereocenters. The van der Waals surface area contributed by atoms with Crippen LogP contribution in [0.15, 0.2) is 101 Å². The third-order valence-corrected chi connectivity index (χ3v) is 6.53. The van der Waals surface area contributed by atoms with Gasteiger partial charge in [0.2, 0.25) is 0 Å². The number of fused-ring (bicyclic) bond motifs is 1. The van der Waals surface area contributed by atoms with Crippen molar-refractivity contribution < 1.29 is 24.1 Å². The molecular weight excluding hydrogens is 526 g/mol. The van der Waals surface area contributed by atoms with E-state index in [-0.39, 0.29) is 11.7 Å². The number of nitrogens with zero attached hydrogens (tertiary/aromatic N) is 4. The van der Waals surface area contributed by atoms with E-state index in [2.05, 4.69) is 21.6 Å². The van der Waals surface area contributed by atoms with Crippen molar-refractivity contribution in [2.45, 2.75) is 12.5 Å². The third-order valence-electron chi connectivity index (χ3n) is 6.53. The van der Waals surface area contributed by atoms with Crippen LogP contribution in [0.25, 0.3) is 10.8 Å². The Labute approximate surface area is 234 Å². The van der Waals surface area contributed by atoms with E-state index in [1.807, 2.05) is 60.7 Å². The second-order valence-corrected chi connectivity index (χ2v) is 9.14. The second kappa shape index (κ2) is 12.1. The number of anilines is 1. The van der Waals surface area contributed by atoms with E-state index in [0.717, 1.165) is 33.8 Å². The van der Waals surface area contributed by atoms with Crippen LogP contribution in [0.3, 0.4) is 0 Å². The van der Waals surface area contributed by atoms with Crippen molar-refractivity contribution in [3.63, 3.8) is 0 Å². The molecule has 206 valence electrons. The summed E-state index contributed by atoms with van der Waals surface area (Å²) >= 11 is 0. The van der Waals surface area contributed by atoms with Crippen LogP contribution in [0.5, 0.6) is 5.75 Å². The van der Waals surface area contributed by atoms with Gasteiger partial charge < -0.3 is 14.9 Å². The fourth-order valence-corrected chi connectivity index (χ4v) is 4.45. The molecule has 0 aromatic heterocycles. The zero-order valence-electron chi connectivity index (χ0n) is 22.0. The molecule has 1 heterocycles. The van der Waals surface area contributed by atoms with E-state index < -0.39 is 23.3 Å². The fourth-order valence-electron chi connectivity index (χ4n) is 4.45. The van der Waals surface area contributed by atoms with Gasteiger partial charge in [-0.15, -0.1) is 0 Å². The number of amides is 2. The summed E-state index contributed by atoms with van der Waals surface area (Å²) in [4.78, 5) is 40.7. The van der Waals surface area contributed by atoms with Crippen molar-refractivity contribution in [3.8, 4) is 5.75 Å².